The molecule has 0 saturated heterocycles. The molecular formula is C14H11N3. The maximum atomic E-state index is 4.21. The van der Waals surface area contributed by atoms with E-state index in [-0.39, 0.29) is 0 Å². The average Bonchev–Trinajstić information content (AvgIpc) is 2.93. The molecule has 0 aliphatic heterocycles. The summed E-state index contributed by atoms with van der Waals surface area (Å²) in [5.74, 6) is 0. The third-order valence-electron chi connectivity index (χ3n) is 3.49. The number of nitrogens with zero attached hydrogens (tertiary/aromatic N) is 2. The molecule has 1 aromatic carbocycles. The number of H-pyrrole nitrogens is 1. The number of aromatic amines is 1. The van der Waals surface area contributed by atoms with Crippen molar-refractivity contribution in [3.05, 3.63) is 42.9 Å². The Morgan fingerprint density at radius 2 is 2.00 bits per heavy atom. The van der Waals surface area contributed by atoms with Crippen molar-refractivity contribution in [2.24, 2.45) is 7.05 Å². The van der Waals surface area contributed by atoms with Gasteiger partial charge in [0.05, 0.1) is 17.2 Å². The van der Waals surface area contributed by atoms with Gasteiger partial charge in [-0.15, -0.1) is 0 Å². The molecular weight excluding hydrogens is 210 g/mol. The molecule has 3 heteroatoms. The molecule has 0 atom stereocenters. The van der Waals surface area contributed by atoms with Crippen LogP contribution in [0, 0.1) is 0 Å². The Bertz CT molecular complexity index is 852. The highest BCUT2D eigenvalue weighted by atomic mass is 14.9. The molecule has 0 bridgehead atoms. The molecule has 0 radical (unpaired) electrons. The summed E-state index contributed by atoms with van der Waals surface area (Å²) in [4.78, 5) is 7.46. The van der Waals surface area contributed by atoms with Gasteiger partial charge in [0.15, 0.2) is 0 Å². The van der Waals surface area contributed by atoms with Gasteiger partial charge in [0.2, 0.25) is 0 Å². The molecule has 3 heterocycles. The minimum Gasteiger partial charge on any atom is -0.361 e. The van der Waals surface area contributed by atoms with Gasteiger partial charge in [-0.05, 0) is 18.2 Å². The lowest BCUT2D eigenvalue weighted by Gasteiger charge is -1.98. The number of aryl methyl sites for hydroxylation is 1. The Hall–Kier alpha value is -2.29. The number of hydrogen-bond donors (Lipinski definition) is 1. The van der Waals surface area contributed by atoms with Gasteiger partial charge in [-0.1, -0.05) is 6.07 Å². The Morgan fingerprint density at radius 3 is 2.94 bits per heavy atom. The lowest BCUT2D eigenvalue weighted by atomic mass is 10.1. The molecule has 17 heavy (non-hydrogen) atoms. The van der Waals surface area contributed by atoms with Crippen molar-refractivity contribution in [3.63, 3.8) is 0 Å². The number of pyridine rings is 1. The zero-order valence-electron chi connectivity index (χ0n) is 9.44. The maximum absolute atomic E-state index is 4.21. The number of rotatable bonds is 0. The summed E-state index contributed by atoms with van der Waals surface area (Å²) >= 11 is 0. The SMILES string of the molecule is Cn1c2cnccc2c2ccc3[nH]ccc3c21. The predicted octanol–water partition coefficient (Wildman–Crippen LogP) is 3.21. The van der Waals surface area contributed by atoms with E-state index >= 15 is 0 Å². The van der Waals surface area contributed by atoms with Gasteiger partial charge < -0.3 is 9.55 Å². The third-order valence-corrected chi connectivity index (χ3v) is 3.49. The zero-order valence-corrected chi connectivity index (χ0v) is 9.44. The zero-order chi connectivity index (χ0) is 11.4. The lowest BCUT2D eigenvalue weighted by Crippen LogP contribution is -1.87. The lowest BCUT2D eigenvalue weighted by molar-refractivity contribution is 1.01. The van der Waals surface area contributed by atoms with Crippen molar-refractivity contribution in [3.8, 4) is 0 Å². The number of benzene rings is 1. The van der Waals surface area contributed by atoms with E-state index in [4.69, 9.17) is 0 Å². The van der Waals surface area contributed by atoms with Crippen LogP contribution in [0.2, 0.25) is 0 Å². The first-order valence-corrected chi connectivity index (χ1v) is 5.64. The quantitative estimate of drug-likeness (QED) is 0.486. The summed E-state index contributed by atoms with van der Waals surface area (Å²) in [6, 6.07) is 8.52. The van der Waals surface area contributed by atoms with Gasteiger partial charge in [0.25, 0.3) is 0 Å². The van der Waals surface area contributed by atoms with Crippen LogP contribution in [0.3, 0.4) is 0 Å². The largest absolute Gasteiger partial charge is 0.361 e. The van der Waals surface area contributed by atoms with E-state index in [1.165, 1.54) is 32.7 Å². The van der Waals surface area contributed by atoms with Crippen molar-refractivity contribution < 1.29 is 0 Å². The third kappa shape index (κ3) is 0.984. The van der Waals surface area contributed by atoms with Gasteiger partial charge in [0, 0.05) is 41.1 Å². The fraction of sp³-hybridized carbons (Fsp3) is 0.0714. The van der Waals surface area contributed by atoms with Gasteiger partial charge in [-0.3, -0.25) is 4.98 Å². The molecule has 3 nitrogen and oxygen atoms in total. The molecule has 0 spiro atoms. The van der Waals surface area contributed by atoms with Gasteiger partial charge in [-0.2, -0.15) is 0 Å². The standard InChI is InChI=1S/C14H11N3/c1-17-13-8-15-6-4-9(13)10-2-3-12-11(14(10)17)5-7-16-12/h2-8,16H,1H3. The first-order chi connectivity index (χ1) is 8.36. The summed E-state index contributed by atoms with van der Waals surface area (Å²) in [6.07, 6.45) is 5.76. The van der Waals surface area contributed by atoms with Crippen LogP contribution >= 0.6 is 0 Å². The molecule has 0 amide bonds. The molecule has 1 N–H and O–H groups in total. The second kappa shape index (κ2) is 2.88. The second-order valence-corrected chi connectivity index (χ2v) is 4.35. The summed E-state index contributed by atoms with van der Waals surface area (Å²) in [5, 5.41) is 3.82. The minimum atomic E-state index is 1.18. The van der Waals surface area contributed by atoms with Crippen LogP contribution in [0.4, 0.5) is 0 Å². The fourth-order valence-corrected chi connectivity index (χ4v) is 2.70. The molecule has 4 rings (SSSR count). The molecule has 0 aliphatic carbocycles. The van der Waals surface area contributed by atoms with E-state index in [9.17, 15) is 0 Å². The average molecular weight is 221 g/mol. The Labute approximate surface area is 97.7 Å². The first-order valence-electron chi connectivity index (χ1n) is 5.64. The van der Waals surface area contributed by atoms with Crippen molar-refractivity contribution >= 4 is 32.7 Å². The highest BCUT2D eigenvalue weighted by Crippen LogP contribution is 2.32. The minimum absolute atomic E-state index is 1.18. The van der Waals surface area contributed by atoms with Crippen LogP contribution in [0.1, 0.15) is 0 Å². The van der Waals surface area contributed by atoms with E-state index in [0.29, 0.717) is 0 Å². The van der Waals surface area contributed by atoms with Crippen LogP contribution in [0.15, 0.2) is 42.9 Å². The van der Waals surface area contributed by atoms with Crippen LogP contribution in [0.25, 0.3) is 32.7 Å². The van der Waals surface area contributed by atoms with Crippen molar-refractivity contribution in [1.82, 2.24) is 14.5 Å². The van der Waals surface area contributed by atoms with E-state index < -0.39 is 0 Å². The van der Waals surface area contributed by atoms with Crippen molar-refractivity contribution in [2.45, 2.75) is 0 Å². The fourth-order valence-electron chi connectivity index (χ4n) is 2.70. The molecule has 0 fully saturated rings. The van der Waals surface area contributed by atoms with Crippen LogP contribution < -0.4 is 0 Å². The van der Waals surface area contributed by atoms with Crippen LogP contribution in [-0.4, -0.2) is 14.5 Å². The summed E-state index contributed by atoms with van der Waals surface area (Å²) in [7, 11) is 2.10. The predicted molar refractivity (Wildman–Crippen MR) is 70.1 cm³/mol. The smallest absolute Gasteiger partial charge is 0.0675 e. The van der Waals surface area contributed by atoms with Gasteiger partial charge in [-0.25, -0.2) is 0 Å². The van der Waals surface area contributed by atoms with E-state index in [1.807, 2.05) is 18.6 Å². The topological polar surface area (TPSA) is 33.6 Å². The van der Waals surface area contributed by atoms with Crippen LogP contribution in [0.5, 0.6) is 0 Å². The molecule has 0 unspecified atom stereocenters. The number of hydrogen-bond acceptors (Lipinski definition) is 1. The number of nitrogens with one attached hydrogen (secondary N) is 1. The monoisotopic (exact) mass is 221 g/mol. The molecule has 0 aliphatic rings. The molecule has 3 aromatic heterocycles. The summed E-state index contributed by atoms with van der Waals surface area (Å²) < 4.78 is 2.22. The van der Waals surface area contributed by atoms with Gasteiger partial charge in [0.1, 0.15) is 0 Å². The van der Waals surface area contributed by atoms with Crippen molar-refractivity contribution in [1.29, 1.82) is 0 Å². The van der Waals surface area contributed by atoms with Crippen molar-refractivity contribution in [2.75, 3.05) is 0 Å². The highest BCUT2D eigenvalue weighted by molar-refractivity contribution is 6.16. The van der Waals surface area contributed by atoms with E-state index in [1.54, 1.807) is 0 Å². The van der Waals surface area contributed by atoms with E-state index in [2.05, 4.69) is 45.8 Å². The maximum Gasteiger partial charge on any atom is 0.0675 e. The Balaban J connectivity index is 2.43. The Kier molecular flexibility index (Phi) is 1.50. The van der Waals surface area contributed by atoms with Gasteiger partial charge >= 0.3 is 0 Å². The number of aromatic nitrogens is 3. The molecule has 4 aromatic rings. The van der Waals surface area contributed by atoms with Crippen LogP contribution in [-0.2, 0) is 7.05 Å². The summed E-state index contributed by atoms with van der Waals surface area (Å²) in [5.41, 5.74) is 3.62. The van der Waals surface area contributed by atoms with E-state index in [0.717, 1.165) is 0 Å². The molecule has 82 valence electrons. The highest BCUT2D eigenvalue weighted by Gasteiger charge is 2.10. The number of fused-ring (bicyclic) bond motifs is 5. The second-order valence-electron chi connectivity index (χ2n) is 4.35. The Morgan fingerprint density at radius 1 is 1.06 bits per heavy atom. The summed E-state index contributed by atoms with van der Waals surface area (Å²) in [6.45, 7) is 0. The first kappa shape index (κ1) is 8.82. The molecule has 0 saturated carbocycles. The normalized spacial score (nSPS) is 11.8.